The molecule has 0 aliphatic heterocycles. The lowest BCUT2D eigenvalue weighted by Crippen LogP contribution is -2.38. The molecule has 3 heteroatoms. The van der Waals surface area contributed by atoms with Gasteiger partial charge in [-0.1, -0.05) is 56.3 Å². The van der Waals surface area contributed by atoms with Gasteiger partial charge in [-0.25, -0.2) is 0 Å². The third kappa shape index (κ3) is 3.45. The second-order valence-corrected chi connectivity index (χ2v) is 6.71. The Morgan fingerprint density at radius 2 is 1.89 bits per heavy atom. The summed E-state index contributed by atoms with van der Waals surface area (Å²) in [7, 11) is 0. The molecule has 0 saturated heterocycles. The molecule has 0 amide bonds. The van der Waals surface area contributed by atoms with Crippen LogP contribution in [0.25, 0.3) is 0 Å². The summed E-state index contributed by atoms with van der Waals surface area (Å²) < 4.78 is 0. The van der Waals surface area contributed by atoms with Crippen LogP contribution >= 0.6 is 23.2 Å². The molecular weight excluding hydrogens is 277 g/mol. The van der Waals surface area contributed by atoms with Crippen LogP contribution in [0, 0.1) is 5.41 Å². The van der Waals surface area contributed by atoms with E-state index in [0.29, 0.717) is 6.04 Å². The summed E-state index contributed by atoms with van der Waals surface area (Å²) in [5, 5.41) is 5.22. The molecule has 0 radical (unpaired) electrons. The Morgan fingerprint density at radius 3 is 2.53 bits per heavy atom. The fourth-order valence-corrected chi connectivity index (χ4v) is 3.73. The average Bonchev–Trinajstić information content (AvgIpc) is 2.40. The van der Waals surface area contributed by atoms with Gasteiger partial charge >= 0.3 is 0 Å². The summed E-state index contributed by atoms with van der Waals surface area (Å²) in [4.78, 5) is 0. The van der Waals surface area contributed by atoms with Crippen LogP contribution in [0.1, 0.15) is 57.6 Å². The minimum atomic E-state index is 0.280. The Labute approximate surface area is 126 Å². The SMILES string of the molecule is CCNC(c1cc(Cl)ccc1Cl)C1(C)CCCCC1. The molecular formula is C16H23Cl2N. The maximum Gasteiger partial charge on any atom is 0.0455 e. The fraction of sp³-hybridized carbons (Fsp3) is 0.625. The van der Waals surface area contributed by atoms with Gasteiger partial charge in [-0.05, 0) is 48.6 Å². The zero-order chi connectivity index (χ0) is 13.9. The van der Waals surface area contributed by atoms with Crippen LogP contribution in [0.2, 0.25) is 10.0 Å². The van der Waals surface area contributed by atoms with Crippen LogP contribution in [0.3, 0.4) is 0 Å². The molecule has 1 aliphatic carbocycles. The number of nitrogens with one attached hydrogen (secondary N) is 1. The molecule has 0 bridgehead atoms. The van der Waals surface area contributed by atoms with Crippen LogP contribution in [0.4, 0.5) is 0 Å². The first-order valence-electron chi connectivity index (χ1n) is 7.25. The predicted molar refractivity (Wildman–Crippen MR) is 84.1 cm³/mol. The van der Waals surface area contributed by atoms with Crippen LogP contribution in [0.5, 0.6) is 0 Å². The average molecular weight is 300 g/mol. The summed E-state index contributed by atoms with van der Waals surface area (Å²) in [5.74, 6) is 0. The Hall–Kier alpha value is -0.240. The minimum Gasteiger partial charge on any atom is -0.310 e. The Balaban J connectivity index is 2.35. The number of hydrogen-bond donors (Lipinski definition) is 1. The van der Waals surface area contributed by atoms with E-state index in [1.807, 2.05) is 18.2 Å². The minimum absolute atomic E-state index is 0.280. The van der Waals surface area contributed by atoms with Crippen molar-refractivity contribution >= 4 is 23.2 Å². The molecule has 1 aromatic rings. The number of halogens is 2. The highest BCUT2D eigenvalue weighted by Gasteiger charge is 2.36. The largest absolute Gasteiger partial charge is 0.310 e. The van der Waals surface area contributed by atoms with E-state index in [0.717, 1.165) is 22.2 Å². The molecule has 19 heavy (non-hydrogen) atoms. The van der Waals surface area contributed by atoms with Crippen molar-refractivity contribution in [1.82, 2.24) is 5.32 Å². The first-order valence-corrected chi connectivity index (χ1v) is 8.01. The molecule has 1 fully saturated rings. The van der Waals surface area contributed by atoms with Crippen LogP contribution in [-0.4, -0.2) is 6.54 Å². The van der Waals surface area contributed by atoms with Crippen molar-refractivity contribution < 1.29 is 0 Å². The lowest BCUT2D eigenvalue weighted by molar-refractivity contribution is 0.146. The van der Waals surface area contributed by atoms with Gasteiger partial charge in [0.05, 0.1) is 0 Å². The maximum absolute atomic E-state index is 6.41. The van der Waals surface area contributed by atoms with E-state index in [2.05, 4.69) is 19.2 Å². The van der Waals surface area contributed by atoms with E-state index in [4.69, 9.17) is 23.2 Å². The highest BCUT2D eigenvalue weighted by Crippen LogP contribution is 2.47. The monoisotopic (exact) mass is 299 g/mol. The third-order valence-electron chi connectivity index (χ3n) is 4.37. The van der Waals surface area contributed by atoms with E-state index >= 15 is 0 Å². The van der Waals surface area contributed by atoms with E-state index in [-0.39, 0.29) is 5.41 Å². The number of hydrogen-bond acceptors (Lipinski definition) is 1. The van der Waals surface area contributed by atoms with Crippen molar-refractivity contribution in [2.75, 3.05) is 6.54 Å². The first kappa shape index (κ1) is 15.2. The van der Waals surface area contributed by atoms with Gasteiger partial charge in [0.15, 0.2) is 0 Å². The normalized spacial score (nSPS) is 20.2. The van der Waals surface area contributed by atoms with Gasteiger partial charge < -0.3 is 5.32 Å². The van der Waals surface area contributed by atoms with Crippen molar-refractivity contribution in [2.45, 2.75) is 52.0 Å². The highest BCUT2D eigenvalue weighted by atomic mass is 35.5. The van der Waals surface area contributed by atoms with Crippen LogP contribution in [-0.2, 0) is 0 Å². The molecule has 1 unspecified atom stereocenters. The summed E-state index contributed by atoms with van der Waals surface area (Å²) in [6.45, 7) is 5.48. The fourth-order valence-electron chi connectivity index (χ4n) is 3.32. The smallest absolute Gasteiger partial charge is 0.0455 e. The quantitative estimate of drug-likeness (QED) is 0.761. The molecule has 1 N–H and O–H groups in total. The third-order valence-corrected chi connectivity index (χ3v) is 4.95. The van der Waals surface area contributed by atoms with E-state index in [9.17, 15) is 0 Å². The summed E-state index contributed by atoms with van der Waals surface area (Å²) in [6, 6.07) is 6.09. The number of rotatable bonds is 4. The zero-order valence-corrected chi connectivity index (χ0v) is 13.3. The van der Waals surface area contributed by atoms with Crippen LogP contribution in [0.15, 0.2) is 18.2 Å². The molecule has 106 valence electrons. The number of benzene rings is 1. The lowest BCUT2D eigenvalue weighted by atomic mass is 9.68. The molecule has 1 nitrogen and oxygen atoms in total. The highest BCUT2D eigenvalue weighted by molar-refractivity contribution is 6.33. The van der Waals surface area contributed by atoms with Gasteiger partial charge in [0.25, 0.3) is 0 Å². The van der Waals surface area contributed by atoms with Gasteiger partial charge in [-0.3, -0.25) is 0 Å². The van der Waals surface area contributed by atoms with Crippen molar-refractivity contribution in [3.63, 3.8) is 0 Å². The maximum atomic E-state index is 6.41. The first-order chi connectivity index (χ1) is 9.07. The molecule has 1 aliphatic rings. The summed E-state index contributed by atoms with van der Waals surface area (Å²) in [5.41, 5.74) is 1.43. The summed E-state index contributed by atoms with van der Waals surface area (Å²) >= 11 is 12.6. The molecule has 0 heterocycles. The van der Waals surface area contributed by atoms with Gasteiger partial charge in [0, 0.05) is 16.1 Å². The van der Waals surface area contributed by atoms with E-state index < -0.39 is 0 Å². The predicted octanol–water partition coefficient (Wildman–Crippen LogP) is 5.61. The molecule has 1 aromatic carbocycles. The second kappa shape index (κ2) is 6.47. The van der Waals surface area contributed by atoms with Crippen molar-refractivity contribution in [1.29, 1.82) is 0 Å². The molecule has 0 aromatic heterocycles. The Morgan fingerprint density at radius 1 is 1.21 bits per heavy atom. The molecule has 0 spiro atoms. The van der Waals surface area contributed by atoms with Gasteiger partial charge in [-0.2, -0.15) is 0 Å². The van der Waals surface area contributed by atoms with Gasteiger partial charge in [0.1, 0.15) is 0 Å². The van der Waals surface area contributed by atoms with Crippen molar-refractivity contribution in [3.05, 3.63) is 33.8 Å². The lowest BCUT2D eigenvalue weighted by Gasteiger charge is -2.42. The van der Waals surface area contributed by atoms with E-state index in [1.54, 1.807) is 0 Å². The summed E-state index contributed by atoms with van der Waals surface area (Å²) in [6.07, 6.45) is 6.51. The Bertz CT molecular complexity index is 425. The van der Waals surface area contributed by atoms with Gasteiger partial charge in [-0.15, -0.1) is 0 Å². The van der Waals surface area contributed by atoms with Crippen molar-refractivity contribution in [2.24, 2.45) is 5.41 Å². The van der Waals surface area contributed by atoms with E-state index in [1.165, 1.54) is 32.1 Å². The van der Waals surface area contributed by atoms with Gasteiger partial charge in [0.2, 0.25) is 0 Å². The zero-order valence-electron chi connectivity index (χ0n) is 11.8. The molecule has 1 saturated carbocycles. The van der Waals surface area contributed by atoms with Crippen molar-refractivity contribution in [3.8, 4) is 0 Å². The molecule has 1 atom stereocenters. The Kier molecular flexibility index (Phi) is 5.16. The molecule has 2 rings (SSSR count). The van der Waals surface area contributed by atoms with Crippen LogP contribution < -0.4 is 5.32 Å². The topological polar surface area (TPSA) is 12.0 Å². The second-order valence-electron chi connectivity index (χ2n) is 5.87. The standard InChI is InChI=1S/C16H23Cl2N/c1-3-19-15(16(2)9-5-4-6-10-16)13-11-12(17)7-8-14(13)18/h7-8,11,15,19H,3-6,9-10H2,1-2H3.